The highest BCUT2D eigenvalue weighted by Crippen LogP contribution is 2.42. The largest absolute Gasteiger partial charge is 0.477 e. The van der Waals surface area contributed by atoms with Gasteiger partial charge in [0, 0.05) is 38.4 Å². The van der Waals surface area contributed by atoms with E-state index in [1.807, 2.05) is 4.90 Å². The summed E-state index contributed by atoms with van der Waals surface area (Å²) >= 11 is 0. The van der Waals surface area contributed by atoms with E-state index >= 15 is 4.39 Å². The Hall–Kier alpha value is -2.81. The zero-order valence-electron chi connectivity index (χ0n) is 16.4. The second-order valence-electron chi connectivity index (χ2n) is 8.18. The van der Waals surface area contributed by atoms with Gasteiger partial charge in [-0.1, -0.05) is 0 Å². The van der Waals surface area contributed by atoms with E-state index in [1.165, 1.54) is 6.20 Å². The van der Waals surface area contributed by atoms with Gasteiger partial charge >= 0.3 is 5.97 Å². The Morgan fingerprint density at radius 1 is 1.34 bits per heavy atom. The summed E-state index contributed by atoms with van der Waals surface area (Å²) in [6.45, 7) is 4.83. The molecule has 0 aliphatic carbocycles. The Labute approximate surface area is 166 Å². The molecule has 1 aromatic heterocycles. The Bertz CT molecular complexity index is 1080. The van der Waals surface area contributed by atoms with Crippen molar-refractivity contribution < 1.29 is 19.0 Å². The number of anilines is 1. The van der Waals surface area contributed by atoms with Crippen molar-refractivity contribution in [2.75, 3.05) is 43.3 Å². The van der Waals surface area contributed by atoms with Crippen LogP contribution in [0.1, 0.15) is 30.1 Å². The first kappa shape index (κ1) is 18.2. The average molecular weight is 402 g/mol. The van der Waals surface area contributed by atoms with Crippen LogP contribution in [0.2, 0.25) is 0 Å². The Morgan fingerprint density at radius 3 is 2.90 bits per heavy atom. The summed E-state index contributed by atoms with van der Waals surface area (Å²) in [7, 11) is 1.72. The second-order valence-corrected chi connectivity index (χ2v) is 8.18. The van der Waals surface area contributed by atoms with E-state index in [2.05, 4.69) is 11.8 Å². The third kappa shape index (κ3) is 2.60. The Balaban J connectivity index is 1.74. The smallest absolute Gasteiger partial charge is 0.341 e. The van der Waals surface area contributed by atoms with Crippen LogP contribution in [0.4, 0.5) is 10.1 Å². The first-order valence-electron chi connectivity index (χ1n) is 9.87. The van der Waals surface area contributed by atoms with E-state index in [0.29, 0.717) is 29.5 Å². The number of benzene rings is 1. The van der Waals surface area contributed by atoms with E-state index in [-0.39, 0.29) is 18.2 Å². The number of ether oxygens (including phenoxy) is 1. The number of carbonyl (C=O) groups is 1. The van der Waals surface area contributed by atoms with Gasteiger partial charge in [-0.2, -0.15) is 0 Å². The predicted molar refractivity (Wildman–Crippen MR) is 106 cm³/mol. The number of rotatable bonds is 2. The number of carboxylic acids is 1. The minimum Gasteiger partial charge on any atom is -0.477 e. The molecule has 1 unspecified atom stereocenters. The highest BCUT2D eigenvalue weighted by atomic mass is 19.1. The molecule has 0 spiro atoms. The minimum atomic E-state index is -1.34. The predicted octanol–water partition coefficient (Wildman–Crippen LogP) is 1.43. The van der Waals surface area contributed by atoms with E-state index in [4.69, 9.17) is 4.74 Å². The van der Waals surface area contributed by atoms with Crippen LogP contribution in [0, 0.1) is 5.82 Å². The van der Waals surface area contributed by atoms with Crippen LogP contribution in [0.15, 0.2) is 17.1 Å². The third-order valence-electron chi connectivity index (χ3n) is 6.37. The van der Waals surface area contributed by atoms with Gasteiger partial charge in [0.05, 0.1) is 5.39 Å². The zero-order valence-corrected chi connectivity index (χ0v) is 16.4. The van der Waals surface area contributed by atoms with Gasteiger partial charge in [0.1, 0.15) is 16.8 Å². The Morgan fingerprint density at radius 2 is 2.14 bits per heavy atom. The van der Waals surface area contributed by atoms with E-state index < -0.39 is 22.8 Å². The number of fused-ring (bicyclic) bond motifs is 1. The molecule has 5 rings (SSSR count). The van der Waals surface area contributed by atoms with Crippen LogP contribution in [0.25, 0.3) is 10.9 Å². The van der Waals surface area contributed by atoms with Crippen LogP contribution in [0.3, 0.4) is 0 Å². The molecule has 8 nitrogen and oxygen atoms in total. The standard InChI is InChI=1S/C20H23FN4O4/c1-11-7-23-5-3-4-12(23)8-24(11)17-15(21)6-13-16-19(17)29-10-22(2)25(16)9-14(18(13)26)20(27)28/h6,9,11-12H,3-5,7-8,10H2,1-2H3,(H,27,28)/t11?,12-/m0/s1. The maximum Gasteiger partial charge on any atom is 0.341 e. The molecule has 0 amide bonds. The van der Waals surface area contributed by atoms with Gasteiger partial charge in [0.25, 0.3) is 0 Å². The van der Waals surface area contributed by atoms with Gasteiger partial charge in [-0.15, -0.1) is 0 Å². The van der Waals surface area contributed by atoms with E-state index in [1.54, 1.807) is 16.7 Å². The lowest BCUT2D eigenvalue weighted by atomic mass is 10.0. The van der Waals surface area contributed by atoms with Gasteiger partial charge in [0.15, 0.2) is 18.3 Å². The van der Waals surface area contributed by atoms with Crippen molar-refractivity contribution in [2.45, 2.75) is 31.8 Å². The number of piperazine rings is 1. The van der Waals surface area contributed by atoms with Gasteiger partial charge in [0.2, 0.25) is 5.43 Å². The summed E-state index contributed by atoms with van der Waals surface area (Å²) in [5.41, 5.74) is -0.327. The molecule has 2 saturated heterocycles. The molecule has 0 saturated carbocycles. The normalized spacial score (nSPS) is 24.0. The number of aromatic nitrogens is 1. The first-order chi connectivity index (χ1) is 13.9. The number of hydrogen-bond acceptors (Lipinski definition) is 6. The molecule has 3 aliphatic heterocycles. The summed E-state index contributed by atoms with van der Waals surface area (Å²) < 4.78 is 22.9. The van der Waals surface area contributed by atoms with Crippen molar-refractivity contribution >= 4 is 22.6 Å². The zero-order chi connectivity index (χ0) is 20.4. The molecule has 2 aromatic rings. The monoisotopic (exact) mass is 402 g/mol. The van der Waals surface area contributed by atoms with E-state index in [0.717, 1.165) is 32.0 Å². The molecule has 9 heteroatoms. The summed E-state index contributed by atoms with van der Waals surface area (Å²) in [4.78, 5) is 28.7. The van der Waals surface area contributed by atoms with Gasteiger partial charge < -0.3 is 14.7 Å². The summed E-state index contributed by atoms with van der Waals surface area (Å²) in [6.07, 6.45) is 3.53. The van der Waals surface area contributed by atoms with Crippen molar-refractivity contribution in [3.63, 3.8) is 0 Å². The van der Waals surface area contributed by atoms with Crippen LogP contribution < -0.4 is 20.1 Å². The number of halogens is 1. The fourth-order valence-electron chi connectivity index (χ4n) is 4.94. The molecule has 29 heavy (non-hydrogen) atoms. The maximum absolute atomic E-state index is 15.4. The fourth-order valence-corrected chi connectivity index (χ4v) is 4.94. The lowest BCUT2D eigenvalue weighted by Crippen LogP contribution is -2.55. The molecule has 1 N–H and O–H groups in total. The molecular weight excluding hydrogens is 379 g/mol. The molecule has 2 atom stereocenters. The topological polar surface area (TPSA) is 78.2 Å². The summed E-state index contributed by atoms with van der Waals surface area (Å²) in [5.74, 6) is -1.58. The SMILES string of the molecule is CC1CN2CCC[C@H]2CN1c1c(F)cc2c(=O)c(C(=O)O)cn3c2c1OCN3C. The lowest BCUT2D eigenvalue weighted by molar-refractivity contribution is 0.0694. The van der Waals surface area contributed by atoms with Gasteiger partial charge in [-0.3, -0.25) is 19.4 Å². The van der Waals surface area contributed by atoms with Crippen molar-refractivity contribution in [3.05, 3.63) is 33.9 Å². The van der Waals surface area contributed by atoms with Crippen LogP contribution in [0.5, 0.6) is 5.75 Å². The lowest BCUT2D eigenvalue weighted by Gasteiger charge is -2.44. The number of carboxylic acid groups (broad SMARTS) is 1. The molecule has 2 fully saturated rings. The van der Waals surface area contributed by atoms with Crippen molar-refractivity contribution in [1.29, 1.82) is 0 Å². The van der Waals surface area contributed by atoms with Crippen LogP contribution >= 0.6 is 0 Å². The summed E-state index contributed by atoms with van der Waals surface area (Å²) in [6, 6.07) is 1.64. The molecule has 0 bridgehead atoms. The molecule has 1 aromatic carbocycles. The van der Waals surface area contributed by atoms with Crippen LogP contribution in [-0.4, -0.2) is 66.1 Å². The summed E-state index contributed by atoms with van der Waals surface area (Å²) in [5, 5.41) is 11.1. The van der Waals surface area contributed by atoms with E-state index in [9.17, 15) is 14.7 Å². The maximum atomic E-state index is 15.4. The second kappa shape index (κ2) is 6.35. The third-order valence-corrected chi connectivity index (χ3v) is 6.37. The van der Waals surface area contributed by atoms with Gasteiger partial charge in [-0.25, -0.2) is 9.18 Å². The fraction of sp³-hybridized carbons (Fsp3) is 0.500. The van der Waals surface area contributed by atoms with Crippen molar-refractivity contribution in [1.82, 2.24) is 9.58 Å². The van der Waals surface area contributed by atoms with Crippen molar-refractivity contribution in [3.8, 4) is 5.75 Å². The molecular formula is C20H23FN4O4. The average Bonchev–Trinajstić information content (AvgIpc) is 3.12. The molecule has 3 aliphatic rings. The number of pyridine rings is 1. The highest BCUT2D eigenvalue weighted by molar-refractivity contribution is 5.97. The Kier molecular flexibility index (Phi) is 3.99. The van der Waals surface area contributed by atoms with Crippen molar-refractivity contribution in [2.24, 2.45) is 0 Å². The minimum absolute atomic E-state index is 0.0138. The first-order valence-corrected chi connectivity index (χ1v) is 9.87. The number of nitrogens with zero attached hydrogens (tertiary/aromatic N) is 4. The van der Waals surface area contributed by atoms with Gasteiger partial charge in [-0.05, 0) is 32.4 Å². The number of aromatic carboxylic acids is 1. The molecule has 0 radical (unpaired) electrons. The highest BCUT2D eigenvalue weighted by Gasteiger charge is 2.38. The number of hydrogen-bond donors (Lipinski definition) is 1. The quantitative estimate of drug-likeness (QED) is 0.814. The van der Waals surface area contributed by atoms with Crippen LogP contribution in [-0.2, 0) is 0 Å². The molecule has 4 heterocycles. The molecule has 154 valence electrons.